The van der Waals surface area contributed by atoms with Gasteiger partial charge in [0.15, 0.2) is 0 Å². The minimum absolute atomic E-state index is 1.20. The summed E-state index contributed by atoms with van der Waals surface area (Å²) in [6.07, 6.45) is 2.23. The van der Waals surface area contributed by atoms with Gasteiger partial charge < -0.3 is 4.98 Å². The molecule has 0 unspecified atom stereocenters. The molecule has 0 spiro atoms. The zero-order valence-corrected chi connectivity index (χ0v) is 11.3. The van der Waals surface area contributed by atoms with Crippen LogP contribution in [0.4, 0.5) is 0 Å². The summed E-state index contributed by atoms with van der Waals surface area (Å²) in [5, 5.41) is 1.30. The van der Waals surface area contributed by atoms with Crippen LogP contribution < -0.4 is 0 Å². The first-order valence-electron chi connectivity index (χ1n) is 6.57. The van der Waals surface area contributed by atoms with Crippen molar-refractivity contribution < 1.29 is 0 Å². The van der Waals surface area contributed by atoms with E-state index >= 15 is 0 Å². The van der Waals surface area contributed by atoms with Crippen LogP contribution in [0.25, 0.3) is 22.6 Å². The van der Waals surface area contributed by atoms with Crippen molar-refractivity contribution in [1.29, 1.82) is 0 Å². The molecule has 2 aromatic carbocycles. The number of benzene rings is 2. The summed E-state index contributed by atoms with van der Waals surface area (Å²) in [7, 11) is 0. The highest BCUT2D eigenvalue weighted by Crippen LogP contribution is 2.25. The molecule has 3 rings (SSSR count). The van der Waals surface area contributed by atoms with Gasteiger partial charge in [0, 0.05) is 16.6 Å². The van der Waals surface area contributed by atoms with Crippen molar-refractivity contribution in [3.63, 3.8) is 0 Å². The number of hydrogen-bond donors (Lipinski definition) is 1. The van der Waals surface area contributed by atoms with Crippen LogP contribution in [-0.4, -0.2) is 4.98 Å². The van der Waals surface area contributed by atoms with Gasteiger partial charge in [0.05, 0.1) is 0 Å². The largest absolute Gasteiger partial charge is 0.355 e. The Labute approximate surface area is 113 Å². The molecule has 0 fully saturated rings. The molecule has 0 bridgehead atoms. The first kappa shape index (κ1) is 11.8. The topological polar surface area (TPSA) is 15.8 Å². The quantitative estimate of drug-likeness (QED) is 0.653. The number of fused-ring (bicyclic) bond motifs is 1. The van der Waals surface area contributed by atoms with Crippen molar-refractivity contribution in [1.82, 2.24) is 4.98 Å². The molecule has 1 heteroatoms. The smallest absolute Gasteiger partial charge is 0.0461 e. The summed E-state index contributed by atoms with van der Waals surface area (Å²) >= 11 is 0. The second-order valence-corrected chi connectivity index (χ2v) is 4.90. The second kappa shape index (κ2) is 4.77. The minimum atomic E-state index is 1.20. The van der Waals surface area contributed by atoms with Gasteiger partial charge in [-0.25, -0.2) is 0 Å². The second-order valence-electron chi connectivity index (χ2n) is 4.90. The maximum atomic E-state index is 3.49. The van der Waals surface area contributed by atoms with Crippen LogP contribution in [-0.2, 0) is 0 Å². The summed E-state index contributed by atoms with van der Waals surface area (Å²) in [5.74, 6) is 0. The normalized spacial score (nSPS) is 12.0. The first-order valence-corrected chi connectivity index (χ1v) is 6.57. The number of H-pyrrole nitrogens is 1. The molecule has 94 valence electrons. The van der Waals surface area contributed by atoms with E-state index in [1.807, 2.05) is 6.07 Å². The predicted octanol–water partition coefficient (Wildman–Crippen LogP) is 5.04. The van der Waals surface area contributed by atoms with Crippen molar-refractivity contribution in [3.8, 4) is 0 Å². The van der Waals surface area contributed by atoms with Crippen molar-refractivity contribution in [2.45, 2.75) is 13.8 Å². The van der Waals surface area contributed by atoms with Gasteiger partial charge >= 0.3 is 0 Å². The lowest BCUT2D eigenvalue weighted by Gasteiger charge is -2.01. The van der Waals surface area contributed by atoms with Gasteiger partial charge in [-0.15, -0.1) is 0 Å². The Hall–Kier alpha value is -2.28. The van der Waals surface area contributed by atoms with Crippen LogP contribution in [0.2, 0.25) is 0 Å². The van der Waals surface area contributed by atoms with Gasteiger partial charge in [-0.05, 0) is 42.7 Å². The van der Waals surface area contributed by atoms with Crippen molar-refractivity contribution in [2.75, 3.05) is 0 Å². The van der Waals surface area contributed by atoms with Gasteiger partial charge in [0.2, 0.25) is 0 Å². The summed E-state index contributed by atoms with van der Waals surface area (Å²) in [5.41, 5.74) is 6.25. The van der Waals surface area contributed by atoms with Crippen molar-refractivity contribution in [3.05, 3.63) is 71.4 Å². The van der Waals surface area contributed by atoms with E-state index in [0.29, 0.717) is 0 Å². The molecule has 0 aliphatic carbocycles. The SMILES string of the molecule is C/C(=C\c1[nH]c2ccccc2c1C)c1ccccc1. The lowest BCUT2D eigenvalue weighted by Crippen LogP contribution is -1.81. The summed E-state index contributed by atoms with van der Waals surface area (Å²) < 4.78 is 0. The monoisotopic (exact) mass is 247 g/mol. The van der Waals surface area contributed by atoms with E-state index < -0.39 is 0 Å². The van der Waals surface area contributed by atoms with E-state index in [9.17, 15) is 0 Å². The fourth-order valence-electron chi connectivity index (χ4n) is 2.45. The lowest BCUT2D eigenvalue weighted by atomic mass is 10.1. The Balaban J connectivity index is 2.08. The highest BCUT2D eigenvalue weighted by Gasteiger charge is 2.05. The van der Waals surface area contributed by atoms with Crippen molar-refractivity contribution >= 4 is 22.6 Å². The summed E-state index contributed by atoms with van der Waals surface area (Å²) in [6.45, 7) is 4.32. The molecular formula is C18H17N. The van der Waals surface area contributed by atoms with Gasteiger partial charge in [0.25, 0.3) is 0 Å². The molecule has 0 saturated heterocycles. The van der Waals surface area contributed by atoms with Crippen molar-refractivity contribution in [2.24, 2.45) is 0 Å². The number of aromatic nitrogens is 1. The number of aryl methyl sites for hydroxylation is 1. The van der Waals surface area contributed by atoms with E-state index in [1.165, 1.54) is 33.3 Å². The zero-order valence-electron chi connectivity index (χ0n) is 11.3. The molecule has 3 aromatic rings. The van der Waals surface area contributed by atoms with E-state index in [2.05, 4.69) is 73.4 Å². The average molecular weight is 247 g/mol. The third kappa shape index (κ3) is 2.19. The van der Waals surface area contributed by atoms with Gasteiger partial charge in [-0.2, -0.15) is 0 Å². The Bertz CT molecular complexity index is 733. The molecule has 0 radical (unpaired) electrons. The molecule has 1 N–H and O–H groups in total. The molecule has 1 heterocycles. The molecule has 0 aliphatic rings. The Morgan fingerprint density at radius 1 is 0.947 bits per heavy atom. The van der Waals surface area contributed by atoms with Crippen LogP contribution in [0.3, 0.4) is 0 Å². The predicted molar refractivity (Wildman–Crippen MR) is 83.0 cm³/mol. The molecule has 1 nitrogen and oxygen atoms in total. The Morgan fingerprint density at radius 3 is 2.37 bits per heavy atom. The van der Waals surface area contributed by atoms with E-state index in [1.54, 1.807) is 0 Å². The minimum Gasteiger partial charge on any atom is -0.355 e. The van der Waals surface area contributed by atoms with Gasteiger partial charge in [0.1, 0.15) is 0 Å². The fraction of sp³-hybridized carbons (Fsp3) is 0.111. The maximum absolute atomic E-state index is 3.49. The number of nitrogens with one attached hydrogen (secondary N) is 1. The number of aromatic amines is 1. The van der Waals surface area contributed by atoms with Gasteiger partial charge in [-0.1, -0.05) is 48.5 Å². The summed E-state index contributed by atoms with van der Waals surface area (Å²) in [6, 6.07) is 18.9. The third-order valence-corrected chi connectivity index (χ3v) is 3.59. The van der Waals surface area contributed by atoms with Crippen LogP contribution in [0.1, 0.15) is 23.7 Å². The standard InChI is InChI=1S/C18H17N/c1-13(15-8-4-3-5-9-15)12-18-14(2)16-10-6-7-11-17(16)19-18/h3-12,19H,1-2H3/b13-12+. The number of hydrogen-bond acceptors (Lipinski definition) is 0. The van der Waals surface area contributed by atoms with Crippen LogP contribution in [0, 0.1) is 6.92 Å². The Morgan fingerprint density at radius 2 is 1.63 bits per heavy atom. The molecule has 0 atom stereocenters. The van der Waals surface area contributed by atoms with Gasteiger partial charge in [-0.3, -0.25) is 0 Å². The molecule has 19 heavy (non-hydrogen) atoms. The maximum Gasteiger partial charge on any atom is 0.0461 e. The fourth-order valence-corrected chi connectivity index (χ4v) is 2.45. The molecule has 0 saturated carbocycles. The van der Waals surface area contributed by atoms with E-state index in [4.69, 9.17) is 0 Å². The lowest BCUT2D eigenvalue weighted by molar-refractivity contribution is 1.37. The average Bonchev–Trinajstić information content (AvgIpc) is 2.77. The van der Waals surface area contributed by atoms with E-state index in [0.717, 1.165) is 0 Å². The first-order chi connectivity index (χ1) is 9.25. The van der Waals surface area contributed by atoms with Crippen LogP contribution >= 0.6 is 0 Å². The molecule has 0 amide bonds. The van der Waals surface area contributed by atoms with Crippen LogP contribution in [0.5, 0.6) is 0 Å². The number of allylic oxidation sites excluding steroid dienone is 1. The summed E-state index contributed by atoms with van der Waals surface area (Å²) in [4.78, 5) is 3.49. The molecular weight excluding hydrogens is 230 g/mol. The zero-order chi connectivity index (χ0) is 13.2. The number of rotatable bonds is 2. The highest BCUT2D eigenvalue weighted by molar-refractivity contribution is 5.90. The van der Waals surface area contributed by atoms with Crippen LogP contribution in [0.15, 0.2) is 54.6 Å². The Kier molecular flexibility index (Phi) is 2.96. The molecule has 0 aliphatic heterocycles. The molecule has 1 aromatic heterocycles. The van der Waals surface area contributed by atoms with E-state index in [-0.39, 0.29) is 0 Å². The number of para-hydroxylation sites is 1. The third-order valence-electron chi connectivity index (χ3n) is 3.59. The highest BCUT2D eigenvalue weighted by atomic mass is 14.7.